The van der Waals surface area contributed by atoms with E-state index in [0.29, 0.717) is 23.4 Å². The molecular weight excluding hydrogens is 290 g/mol. The lowest BCUT2D eigenvalue weighted by Crippen LogP contribution is -2.46. The maximum atomic E-state index is 12.2. The third-order valence-corrected chi connectivity index (χ3v) is 3.42. The molecule has 0 heterocycles. The fourth-order valence-electron chi connectivity index (χ4n) is 1.72. The number of Topliss-reactive ketones (excluding diaryl/α,β-unsaturated/α-hetero) is 1. The number of ketones is 1. The zero-order chi connectivity index (χ0) is 15.8. The molecule has 0 saturated carbocycles. The Bertz CT molecular complexity index is 534. The lowest BCUT2D eigenvalue weighted by molar-refractivity contribution is -0.117. The number of primary amides is 1. The number of anilines is 1. The minimum absolute atomic E-state index is 0.0831. The molecule has 4 N–H and O–H groups in total. The molecule has 6 nitrogen and oxygen atoms in total. The fourth-order valence-corrected chi connectivity index (χ4v) is 2.19. The first-order valence-corrected chi connectivity index (χ1v) is 7.80. The van der Waals surface area contributed by atoms with Crippen LogP contribution in [0.1, 0.15) is 23.7 Å². The molecule has 0 saturated heterocycles. The van der Waals surface area contributed by atoms with Crippen LogP contribution in [0.5, 0.6) is 0 Å². The van der Waals surface area contributed by atoms with Crippen molar-refractivity contribution in [2.24, 2.45) is 5.73 Å². The zero-order valence-electron chi connectivity index (χ0n) is 12.0. The Morgan fingerprint density at radius 2 is 2.05 bits per heavy atom. The van der Waals surface area contributed by atoms with Crippen molar-refractivity contribution < 1.29 is 14.4 Å². The van der Waals surface area contributed by atoms with Gasteiger partial charge in [-0.1, -0.05) is 12.1 Å². The first kappa shape index (κ1) is 17.0. The molecule has 1 rings (SSSR count). The summed E-state index contributed by atoms with van der Waals surface area (Å²) in [4.78, 5) is 34.4. The van der Waals surface area contributed by atoms with Gasteiger partial charge in [0, 0.05) is 11.3 Å². The molecule has 0 unspecified atom stereocenters. The van der Waals surface area contributed by atoms with Crippen LogP contribution in [0.15, 0.2) is 24.3 Å². The van der Waals surface area contributed by atoms with E-state index in [2.05, 4.69) is 10.6 Å². The maximum absolute atomic E-state index is 12.2. The highest BCUT2D eigenvalue weighted by Gasteiger charge is 2.19. The topological polar surface area (TPSA) is 101 Å². The van der Waals surface area contributed by atoms with Crippen molar-refractivity contribution in [3.05, 3.63) is 29.8 Å². The molecule has 0 aliphatic rings. The summed E-state index contributed by atoms with van der Waals surface area (Å²) in [5.41, 5.74) is 6.10. The van der Waals surface area contributed by atoms with E-state index in [0.717, 1.165) is 0 Å². The second-order valence-electron chi connectivity index (χ2n) is 4.47. The number of nitrogens with one attached hydrogen (secondary N) is 2. The highest BCUT2D eigenvalue weighted by molar-refractivity contribution is 7.98. The summed E-state index contributed by atoms with van der Waals surface area (Å²) < 4.78 is 0. The first-order valence-electron chi connectivity index (χ1n) is 6.40. The molecule has 3 amide bonds. The quantitative estimate of drug-likeness (QED) is 0.666. The van der Waals surface area contributed by atoms with Crippen LogP contribution < -0.4 is 16.4 Å². The van der Waals surface area contributed by atoms with Crippen molar-refractivity contribution >= 4 is 35.2 Å². The van der Waals surface area contributed by atoms with Crippen LogP contribution in [0.25, 0.3) is 0 Å². The summed E-state index contributed by atoms with van der Waals surface area (Å²) in [6.07, 6.45) is 2.39. The van der Waals surface area contributed by atoms with Gasteiger partial charge in [-0.2, -0.15) is 11.8 Å². The van der Waals surface area contributed by atoms with E-state index in [1.54, 1.807) is 36.0 Å². The van der Waals surface area contributed by atoms with Crippen LogP contribution in [-0.2, 0) is 4.79 Å². The van der Waals surface area contributed by atoms with Crippen LogP contribution in [-0.4, -0.2) is 35.8 Å². The van der Waals surface area contributed by atoms with Gasteiger partial charge < -0.3 is 16.4 Å². The van der Waals surface area contributed by atoms with Crippen molar-refractivity contribution in [2.45, 2.75) is 19.4 Å². The Kier molecular flexibility index (Phi) is 6.74. The minimum Gasteiger partial charge on any atom is -0.352 e. The molecule has 1 aromatic carbocycles. The summed E-state index contributed by atoms with van der Waals surface area (Å²) in [6, 6.07) is 5.19. The molecule has 1 aromatic rings. The van der Waals surface area contributed by atoms with Crippen molar-refractivity contribution in [1.29, 1.82) is 0 Å². The molecular formula is C14H19N3O3S. The van der Waals surface area contributed by atoms with Gasteiger partial charge in [0.15, 0.2) is 5.78 Å². The molecule has 0 aliphatic carbocycles. The summed E-state index contributed by atoms with van der Waals surface area (Å²) in [5.74, 6) is 0.273. The second-order valence-corrected chi connectivity index (χ2v) is 5.45. The monoisotopic (exact) mass is 309 g/mol. The van der Waals surface area contributed by atoms with Crippen LogP contribution >= 0.6 is 11.8 Å². The standard InChI is InChI=1S/C14H19N3O3S/c1-9(18)10-4-3-5-11(8-10)16-13(19)12(6-7-21-2)17-14(15)20/h3-5,8,12H,6-7H2,1-2H3,(H,16,19)(H3,15,17,20)/t12-/m1/s1. The third-order valence-electron chi connectivity index (χ3n) is 2.78. The summed E-state index contributed by atoms with van der Waals surface area (Å²) in [7, 11) is 0. The van der Waals surface area contributed by atoms with Gasteiger partial charge in [-0.05, 0) is 37.5 Å². The van der Waals surface area contributed by atoms with Gasteiger partial charge in [-0.3, -0.25) is 9.59 Å². The van der Waals surface area contributed by atoms with Gasteiger partial charge in [-0.25, -0.2) is 4.79 Å². The van der Waals surface area contributed by atoms with Crippen LogP contribution in [0.2, 0.25) is 0 Å². The van der Waals surface area contributed by atoms with Gasteiger partial charge in [0.2, 0.25) is 5.91 Å². The average molecular weight is 309 g/mol. The van der Waals surface area contributed by atoms with Gasteiger partial charge in [0.25, 0.3) is 0 Å². The Labute approximate surface area is 127 Å². The molecule has 1 atom stereocenters. The highest BCUT2D eigenvalue weighted by Crippen LogP contribution is 2.12. The lowest BCUT2D eigenvalue weighted by atomic mass is 10.1. The van der Waals surface area contributed by atoms with Crippen LogP contribution in [0, 0.1) is 0 Å². The summed E-state index contributed by atoms with van der Waals surface area (Å²) in [6.45, 7) is 1.46. The van der Waals surface area contributed by atoms with Gasteiger partial charge in [0.1, 0.15) is 6.04 Å². The Hall–Kier alpha value is -2.02. The predicted molar refractivity (Wildman–Crippen MR) is 84.6 cm³/mol. The Balaban J connectivity index is 2.77. The number of thioether (sulfide) groups is 1. The second kappa shape index (κ2) is 8.31. The molecule has 0 fully saturated rings. The van der Waals surface area contributed by atoms with Crippen molar-refractivity contribution in [1.82, 2.24) is 5.32 Å². The van der Waals surface area contributed by atoms with Crippen molar-refractivity contribution in [3.8, 4) is 0 Å². The third kappa shape index (κ3) is 5.86. The van der Waals surface area contributed by atoms with E-state index in [-0.39, 0.29) is 11.7 Å². The van der Waals surface area contributed by atoms with E-state index in [1.807, 2.05) is 6.26 Å². The Morgan fingerprint density at radius 1 is 1.33 bits per heavy atom. The summed E-state index contributed by atoms with van der Waals surface area (Å²) >= 11 is 1.57. The minimum atomic E-state index is -0.742. The van der Waals surface area contributed by atoms with Gasteiger partial charge >= 0.3 is 6.03 Å². The smallest absolute Gasteiger partial charge is 0.312 e. The number of rotatable bonds is 7. The first-order chi connectivity index (χ1) is 9.93. The molecule has 114 valence electrons. The van der Waals surface area contributed by atoms with Crippen LogP contribution in [0.4, 0.5) is 10.5 Å². The largest absolute Gasteiger partial charge is 0.352 e. The number of hydrogen-bond donors (Lipinski definition) is 3. The van der Waals surface area contributed by atoms with E-state index in [1.165, 1.54) is 6.92 Å². The predicted octanol–water partition coefficient (Wildman–Crippen LogP) is 1.62. The lowest BCUT2D eigenvalue weighted by Gasteiger charge is -2.17. The average Bonchev–Trinajstić information content (AvgIpc) is 2.43. The maximum Gasteiger partial charge on any atom is 0.312 e. The van der Waals surface area contributed by atoms with Gasteiger partial charge in [-0.15, -0.1) is 0 Å². The zero-order valence-corrected chi connectivity index (χ0v) is 12.8. The molecule has 0 bridgehead atoms. The molecule has 0 aliphatic heterocycles. The molecule has 0 aromatic heterocycles. The number of carbonyl (C=O) groups excluding carboxylic acids is 3. The number of amides is 3. The SMILES string of the molecule is CSCC[C@@H](NC(N)=O)C(=O)Nc1cccc(C(C)=O)c1. The Morgan fingerprint density at radius 3 is 2.62 bits per heavy atom. The molecule has 21 heavy (non-hydrogen) atoms. The van der Waals surface area contributed by atoms with Crippen LogP contribution in [0.3, 0.4) is 0 Å². The summed E-state index contributed by atoms with van der Waals surface area (Å²) in [5, 5.41) is 5.10. The number of urea groups is 1. The number of benzene rings is 1. The number of hydrogen-bond acceptors (Lipinski definition) is 4. The molecule has 7 heteroatoms. The van der Waals surface area contributed by atoms with E-state index in [9.17, 15) is 14.4 Å². The molecule has 0 radical (unpaired) electrons. The molecule has 0 spiro atoms. The van der Waals surface area contributed by atoms with Gasteiger partial charge in [0.05, 0.1) is 0 Å². The van der Waals surface area contributed by atoms with Crippen molar-refractivity contribution in [2.75, 3.05) is 17.3 Å². The highest BCUT2D eigenvalue weighted by atomic mass is 32.2. The fraction of sp³-hybridized carbons (Fsp3) is 0.357. The van der Waals surface area contributed by atoms with E-state index < -0.39 is 12.1 Å². The number of nitrogens with two attached hydrogens (primary N) is 1. The van der Waals surface area contributed by atoms with E-state index in [4.69, 9.17) is 5.73 Å². The van der Waals surface area contributed by atoms with E-state index >= 15 is 0 Å². The number of carbonyl (C=O) groups is 3. The normalized spacial score (nSPS) is 11.5. The van der Waals surface area contributed by atoms with Crippen molar-refractivity contribution in [3.63, 3.8) is 0 Å².